The molecule has 1 aromatic heterocycles. The van der Waals surface area contributed by atoms with Crippen LogP contribution in [0.3, 0.4) is 0 Å². The zero-order valence-electron chi connectivity index (χ0n) is 4.72. The molecule has 1 aromatic rings. The van der Waals surface area contributed by atoms with Crippen LogP contribution in [0.5, 0.6) is 0 Å². The number of nitriles is 1. The first-order valence-corrected chi connectivity index (χ1v) is 2.27. The van der Waals surface area contributed by atoms with E-state index in [9.17, 15) is 0 Å². The van der Waals surface area contributed by atoms with Crippen LogP contribution < -0.4 is 0 Å². The first kappa shape index (κ1) is 6.22. The summed E-state index contributed by atoms with van der Waals surface area (Å²) in [6, 6.07) is 1.57. The SMILES string of the molecule is N#C/C(=N/O)c1ncon1. The standard InChI is InChI=1S/C4H2N4O2/c5-1-3(7-9)4-6-2-10-8-4/h2,9H/b7-3-. The number of nitrogens with zero attached hydrogens (tertiary/aromatic N) is 4. The quantitative estimate of drug-likeness (QED) is 0.328. The fourth-order valence-electron chi connectivity index (χ4n) is 0.392. The molecule has 1 heterocycles. The Morgan fingerprint density at radius 1 is 1.90 bits per heavy atom. The summed E-state index contributed by atoms with van der Waals surface area (Å²) in [5, 5.41) is 22.3. The zero-order chi connectivity index (χ0) is 7.40. The normalized spacial score (nSPS) is 10.9. The first-order chi connectivity index (χ1) is 4.88. The minimum atomic E-state index is -0.270. The molecule has 0 atom stereocenters. The Kier molecular flexibility index (Phi) is 1.61. The van der Waals surface area contributed by atoms with Gasteiger partial charge >= 0.3 is 0 Å². The van der Waals surface area contributed by atoms with Crippen molar-refractivity contribution < 1.29 is 9.73 Å². The van der Waals surface area contributed by atoms with Gasteiger partial charge in [0.2, 0.25) is 17.9 Å². The Morgan fingerprint density at radius 2 is 2.70 bits per heavy atom. The molecular weight excluding hydrogens is 136 g/mol. The second-order valence-corrected chi connectivity index (χ2v) is 1.32. The van der Waals surface area contributed by atoms with Crippen molar-refractivity contribution in [2.45, 2.75) is 0 Å². The molecule has 0 spiro atoms. The summed E-state index contributed by atoms with van der Waals surface area (Å²) < 4.78 is 4.29. The van der Waals surface area contributed by atoms with Crippen LogP contribution in [0, 0.1) is 11.3 Å². The van der Waals surface area contributed by atoms with Crippen LogP contribution >= 0.6 is 0 Å². The van der Waals surface area contributed by atoms with Gasteiger partial charge in [0.1, 0.15) is 6.07 Å². The fourth-order valence-corrected chi connectivity index (χ4v) is 0.392. The van der Waals surface area contributed by atoms with Gasteiger partial charge in [-0.15, -0.1) is 0 Å². The van der Waals surface area contributed by atoms with E-state index >= 15 is 0 Å². The number of aromatic nitrogens is 2. The van der Waals surface area contributed by atoms with Gasteiger partial charge in [0.05, 0.1) is 0 Å². The molecule has 0 bridgehead atoms. The lowest BCUT2D eigenvalue weighted by molar-refractivity contribution is 0.319. The maximum absolute atomic E-state index is 8.24. The highest BCUT2D eigenvalue weighted by Gasteiger charge is 2.06. The lowest BCUT2D eigenvalue weighted by atomic mass is 10.4. The molecule has 0 unspecified atom stereocenters. The summed E-state index contributed by atoms with van der Waals surface area (Å²) >= 11 is 0. The van der Waals surface area contributed by atoms with E-state index in [2.05, 4.69) is 19.8 Å². The van der Waals surface area contributed by atoms with Gasteiger partial charge in [0.15, 0.2) is 0 Å². The molecule has 1 N–H and O–H groups in total. The average molecular weight is 138 g/mol. The lowest BCUT2D eigenvalue weighted by Crippen LogP contribution is -1.98. The summed E-state index contributed by atoms with van der Waals surface area (Å²) in [5.41, 5.74) is -0.270. The molecule has 0 aromatic carbocycles. The van der Waals surface area contributed by atoms with Crippen molar-refractivity contribution >= 4 is 5.71 Å². The Morgan fingerprint density at radius 3 is 3.10 bits per heavy atom. The van der Waals surface area contributed by atoms with Crippen molar-refractivity contribution in [3.05, 3.63) is 12.2 Å². The number of hydrogen-bond donors (Lipinski definition) is 1. The predicted molar refractivity (Wildman–Crippen MR) is 28.2 cm³/mol. The summed E-state index contributed by atoms with van der Waals surface area (Å²) in [6.45, 7) is 0. The Balaban J connectivity index is 2.99. The number of oxime groups is 1. The second kappa shape index (κ2) is 2.59. The fraction of sp³-hybridized carbons (Fsp3) is 0. The molecule has 6 nitrogen and oxygen atoms in total. The zero-order valence-corrected chi connectivity index (χ0v) is 4.72. The van der Waals surface area contributed by atoms with Gasteiger partial charge in [-0.1, -0.05) is 10.3 Å². The third-order valence-electron chi connectivity index (χ3n) is 0.779. The molecule has 1 rings (SSSR count). The maximum Gasteiger partial charge on any atom is 0.235 e. The van der Waals surface area contributed by atoms with E-state index in [-0.39, 0.29) is 11.5 Å². The molecule has 6 heteroatoms. The van der Waals surface area contributed by atoms with Crippen molar-refractivity contribution in [3.8, 4) is 6.07 Å². The highest BCUT2D eigenvalue weighted by molar-refractivity contribution is 6.08. The monoisotopic (exact) mass is 138 g/mol. The molecule has 0 amide bonds. The van der Waals surface area contributed by atoms with Gasteiger partial charge in [-0.2, -0.15) is 10.2 Å². The molecule has 0 aliphatic rings. The minimum Gasteiger partial charge on any atom is -0.410 e. The predicted octanol–water partition coefficient (Wildman–Crippen LogP) is -0.229. The van der Waals surface area contributed by atoms with E-state index in [0.29, 0.717) is 0 Å². The van der Waals surface area contributed by atoms with E-state index in [4.69, 9.17) is 10.5 Å². The van der Waals surface area contributed by atoms with Crippen molar-refractivity contribution in [2.75, 3.05) is 0 Å². The first-order valence-electron chi connectivity index (χ1n) is 2.27. The van der Waals surface area contributed by atoms with Crippen LogP contribution in [0.15, 0.2) is 16.1 Å². The van der Waals surface area contributed by atoms with E-state index in [0.717, 1.165) is 6.39 Å². The Hall–Kier alpha value is -1.90. The molecule has 0 aliphatic heterocycles. The lowest BCUT2D eigenvalue weighted by Gasteiger charge is -1.79. The molecule has 0 aliphatic carbocycles. The van der Waals surface area contributed by atoms with Gasteiger partial charge in [0.25, 0.3) is 0 Å². The summed E-state index contributed by atoms with van der Waals surface area (Å²) in [7, 11) is 0. The van der Waals surface area contributed by atoms with E-state index < -0.39 is 0 Å². The van der Waals surface area contributed by atoms with Crippen molar-refractivity contribution in [1.82, 2.24) is 10.1 Å². The number of rotatable bonds is 1. The summed E-state index contributed by atoms with van der Waals surface area (Å²) in [6.07, 6.45) is 1.04. The summed E-state index contributed by atoms with van der Waals surface area (Å²) in [4.78, 5) is 3.47. The smallest absolute Gasteiger partial charge is 0.235 e. The van der Waals surface area contributed by atoms with E-state index in [1.807, 2.05) is 0 Å². The Bertz CT molecular complexity index is 270. The number of hydrogen-bond acceptors (Lipinski definition) is 6. The topological polar surface area (TPSA) is 95.3 Å². The molecule has 10 heavy (non-hydrogen) atoms. The highest BCUT2D eigenvalue weighted by Crippen LogP contribution is 1.89. The van der Waals surface area contributed by atoms with Crippen LogP contribution in [0.25, 0.3) is 0 Å². The highest BCUT2D eigenvalue weighted by atomic mass is 16.5. The van der Waals surface area contributed by atoms with Crippen molar-refractivity contribution in [2.24, 2.45) is 5.16 Å². The molecule has 0 radical (unpaired) electrons. The molecule has 0 fully saturated rings. The van der Waals surface area contributed by atoms with Crippen LogP contribution in [0.2, 0.25) is 0 Å². The van der Waals surface area contributed by atoms with Crippen molar-refractivity contribution in [1.29, 1.82) is 5.26 Å². The second-order valence-electron chi connectivity index (χ2n) is 1.32. The van der Waals surface area contributed by atoms with E-state index in [1.54, 1.807) is 6.07 Å². The van der Waals surface area contributed by atoms with E-state index in [1.165, 1.54) is 0 Å². The molecule has 50 valence electrons. The third kappa shape index (κ3) is 0.925. The molecule has 0 saturated heterocycles. The average Bonchev–Trinajstić information content (AvgIpc) is 2.43. The largest absolute Gasteiger partial charge is 0.410 e. The van der Waals surface area contributed by atoms with Crippen LogP contribution in [-0.2, 0) is 0 Å². The minimum absolute atomic E-state index is 0.0231. The maximum atomic E-state index is 8.24. The van der Waals surface area contributed by atoms with Gasteiger partial charge in [0, 0.05) is 0 Å². The molecular formula is C4H2N4O2. The Labute approximate surface area is 55.4 Å². The van der Waals surface area contributed by atoms with Gasteiger partial charge in [-0.25, -0.2) is 0 Å². The van der Waals surface area contributed by atoms with Gasteiger partial charge in [-0.05, 0) is 0 Å². The molecule has 0 saturated carbocycles. The summed E-state index contributed by atoms with van der Waals surface area (Å²) in [5.74, 6) is -0.0231. The van der Waals surface area contributed by atoms with Crippen LogP contribution in [-0.4, -0.2) is 21.1 Å². The van der Waals surface area contributed by atoms with Crippen LogP contribution in [0.1, 0.15) is 5.82 Å². The third-order valence-corrected chi connectivity index (χ3v) is 0.779. The van der Waals surface area contributed by atoms with Gasteiger partial charge in [-0.3, -0.25) is 0 Å². The van der Waals surface area contributed by atoms with Crippen LogP contribution in [0.4, 0.5) is 0 Å². The van der Waals surface area contributed by atoms with Crippen molar-refractivity contribution in [3.63, 3.8) is 0 Å². The van der Waals surface area contributed by atoms with Gasteiger partial charge < -0.3 is 9.73 Å².